The summed E-state index contributed by atoms with van der Waals surface area (Å²) in [5.41, 5.74) is 5.60. The number of hydrogen-bond acceptors (Lipinski definition) is 3. The number of nitrogens with one attached hydrogen (secondary N) is 3. The van der Waals surface area contributed by atoms with Crippen molar-refractivity contribution in [2.45, 2.75) is 6.42 Å². The molecule has 0 radical (unpaired) electrons. The molecule has 146 valence electrons. The van der Waals surface area contributed by atoms with Crippen LogP contribution in [0.5, 0.6) is 0 Å². The van der Waals surface area contributed by atoms with E-state index in [4.69, 9.17) is 0 Å². The molecule has 2 aromatic heterocycles. The van der Waals surface area contributed by atoms with Gasteiger partial charge in [0.25, 0.3) is 0 Å². The van der Waals surface area contributed by atoms with Crippen molar-refractivity contribution in [3.8, 4) is 0 Å². The summed E-state index contributed by atoms with van der Waals surface area (Å²) in [6.07, 6.45) is 4.01. The van der Waals surface area contributed by atoms with Crippen molar-refractivity contribution >= 4 is 44.8 Å². The molecule has 3 N–H and O–H groups in total. The van der Waals surface area contributed by atoms with E-state index in [1.165, 1.54) is 0 Å². The maximum Gasteiger partial charge on any atom is 0.228 e. The summed E-state index contributed by atoms with van der Waals surface area (Å²) in [4.78, 5) is 20.2. The SMILES string of the molecule is O=C(Cc1c[nH]c2ccccc12)Nc1ccc(Nc2cccc3cccnc23)cc1. The van der Waals surface area contributed by atoms with E-state index in [1.807, 2.05) is 85.1 Å². The van der Waals surface area contributed by atoms with E-state index in [1.54, 1.807) is 6.20 Å². The number of fused-ring (bicyclic) bond motifs is 2. The minimum atomic E-state index is -0.0429. The minimum absolute atomic E-state index is 0.0429. The Morgan fingerprint density at radius 2 is 1.67 bits per heavy atom. The van der Waals surface area contributed by atoms with Gasteiger partial charge in [0.2, 0.25) is 5.91 Å². The van der Waals surface area contributed by atoms with Crippen LogP contribution in [0.4, 0.5) is 17.1 Å². The van der Waals surface area contributed by atoms with Crippen molar-refractivity contribution in [2.24, 2.45) is 0 Å². The van der Waals surface area contributed by atoms with Crippen LogP contribution in [0.25, 0.3) is 21.8 Å². The fourth-order valence-electron chi connectivity index (χ4n) is 3.65. The van der Waals surface area contributed by atoms with Gasteiger partial charge in [-0.2, -0.15) is 0 Å². The van der Waals surface area contributed by atoms with Gasteiger partial charge >= 0.3 is 0 Å². The molecule has 5 heteroatoms. The summed E-state index contributed by atoms with van der Waals surface area (Å²) >= 11 is 0. The molecule has 1 amide bonds. The topological polar surface area (TPSA) is 69.8 Å². The number of H-pyrrole nitrogens is 1. The maximum absolute atomic E-state index is 12.5. The number of aromatic nitrogens is 2. The number of nitrogens with zero attached hydrogens (tertiary/aromatic N) is 1. The van der Waals surface area contributed by atoms with Crippen LogP contribution in [-0.4, -0.2) is 15.9 Å². The van der Waals surface area contributed by atoms with Crippen LogP contribution < -0.4 is 10.6 Å². The average molecular weight is 392 g/mol. The summed E-state index contributed by atoms with van der Waals surface area (Å²) in [6, 6.07) is 25.7. The number of carbonyl (C=O) groups is 1. The highest BCUT2D eigenvalue weighted by Gasteiger charge is 2.09. The summed E-state index contributed by atoms with van der Waals surface area (Å²) in [5.74, 6) is -0.0429. The van der Waals surface area contributed by atoms with Crippen molar-refractivity contribution in [3.63, 3.8) is 0 Å². The Kier molecular flexibility index (Phi) is 4.62. The predicted octanol–water partition coefficient (Wildman–Crippen LogP) is 5.64. The molecule has 0 atom stereocenters. The minimum Gasteiger partial charge on any atom is -0.361 e. The number of carbonyl (C=O) groups excluding carboxylic acids is 1. The average Bonchev–Trinajstić information content (AvgIpc) is 3.18. The Morgan fingerprint density at radius 3 is 2.57 bits per heavy atom. The molecule has 0 aliphatic carbocycles. The van der Waals surface area contributed by atoms with E-state index in [9.17, 15) is 4.79 Å². The van der Waals surface area contributed by atoms with Gasteiger partial charge in [0.05, 0.1) is 17.6 Å². The lowest BCUT2D eigenvalue weighted by atomic mass is 10.1. The Bertz CT molecular complexity index is 1330. The third kappa shape index (κ3) is 3.61. The number of pyridine rings is 1. The molecule has 0 unspecified atom stereocenters. The van der Waals surface area contributed by atoms with Crippen LogP contribution >= 0.6 is 0 Å². The highest BCUT2D eigenvalue weighted by atomic mass is 16.1. The zero-order valence-electron chi connectivity index (χ0n) is 16.2. The van der Waals surface area contributed by atoms with E-state index in [0.29, 0.717) is 6.42 Å². The molecule has 0 spiro atoms. The first-order chi connectivity index (χ1) is 14.8. The third-order valence-corrected chi connectivity index (χ3v) is 5.11. The molecule has 30 heavy (non-hydrogen) atoms. The molecule has 0 aliphatic heterocycles. The Morgan fingerprint density at radius 1 is 0.867 bits per heavy atom. The molecule has 5 nitrogen and oxygen atoms in total. The Balaban J connectivity index is 1.27. The monoisotopic (exact) mass is 392 g/mol. The van der Waals surface area contributed by atoms with Crippen LogP contribution in [0.3, 0.4) is 0 Å². The summed E-state index contributed by atoms with van der Waals surface area (Å²) in [6.45, 7) is 0. The lowest BCUT2D eigenvalue weighted by Gasteiger charge is -2.10. The lowest BCUT2D eigenvalue weighted by molar-refractivity contribution is -0.115. The van der Waals surface area contributed by atoms with Crippen LogP contribution in [0.2, 0.25) is 0 Å². The fourth-order valence-corrected chi connectivity index (χ4v) is 3.65. The zero-order valence-corrected chi connectivity index (χ0v) is 16.2. The number of aromatic amines is 1. The molecule has 2 heterocycles. The van der Waals surface area contributed by atoms with Crippen molar-refractivity contribution in [1.29, 1.82) is 0 Å². The molecule has 0 saturated carbocycles. The van der Waals surface area contributed by atoms with E-state index < -0.39 is 0 Å². The van der Waals surface area contributed by atoms with Crippen LogP contribution in [0.15, 0.2) is 91.3 Å². The smallest absolute Gasteiger partial charge is 0.228 e. The van der Waals surface area contributed by atoms with Gasteiger partial charge in [-0.1, -0.05) is 36.4 Å². The number of hydrogen-bond donors (Lipinski definition) is 3. The van der Waals surface area contributed by atoms with Gasteiger partial charge < -0.3 is 15.6 Å². The molecule has 5 rings (SSSR count). The first-order valence-corrected chi connectivity index (χ1v) is 9.82. The molecule has 0 bridgehead atoms. The fraction of sp³-hybridized carbons (Fsp3) is 0.0400. The van der Waals surface area contributed by atoms with Gasteiger partial charge in [0, 0.05) is 40.1 Å². The van der Waals surface area contributed by atoms with E-state index in [0.717, 1.165) is 44.4 Å². The van der Waals surface area contributed by atoms with Crippen molar-refractivity contribution in [2.75, 3.05) is 10.6 Å². The predicted molar refractivity (Wildman–Crippen MR) is 122 cm³/mol. The van der Waals surface area contributed by atoms with E-state index in [-0.39, 0.29) is 5.91 Å². The molecular formula is C25H20N4O. The molecule has 3 aromatic carbocycles. The number of rotatable bonds is 5. The second-order valence-corrected chi connectivity index (χ2v) is 7.17. The summed E-state index contributed by atoms with van der Waals surface area (Å²) in [7, 11) is 0. The number of benzene rings is 3. The molecular weight excluding hydrogens is 372 g/mol. The second kappa shape index (κ2) is 7.72. The maximum atomic E-state index is 12.5. The largest absolute Gasteiger partial charge is 0.361 e. The number of anilines is 3. The first kappa shape index (κ1) is 17.9. The van der Waals surface area contributed by atoms with Crippen LogP contribution in [-0.2, 0) is 11.2 Å². The molecule has 0 fully saturated rings. The summed E-state index contributed by atoms with van der Waals surface area (Å²) in [5, 5.41) is 8.54. The highest BCUT2D eigenvalue weighted by Crippen LogP contribution is 2.25. The van der Waals surface area contributed by atoms with Gasteiger partial charge in [-0.25, -0.2) is 0 Å². The molecule has 0 aliphatic rings. The van der Waals surface area contributed by atoms with Gasteiger partial charge in [0.1, 0.15) is 0 Å². The van der Waals surface area contributed by atoms with Crippen LogP contribution in [0.1, 0.15) is 5.56 Å². The first-order valence-electron chi connectivity index (χ1n) is 9.82. The van der Waals surface area contributed by atoms with Crippen LogP contribution in [0, 0.1) is 0 Å². The number of para-hydroxylation sites is 2. The zero-order chi connectivity index (χ0) is 20.3. The standard InChI is InChI=1S/C25H20N4O/c30-24(15-18-16-27-22-8-2-1-7-21(18)22)29-20-12-10-19(11-13-20)28-23-9-3-5-17-6-4-14-26-25(17)23/h1-14,16,27-28H,15H2,(H,29,30). The van der Waals surface area contributed by atoms with Gasteiger partial charge in [0.15, 0.2) is 0 Å². The van der Waals surface area contributed by atoms with Crippen molar-refractivity contribution in [1.82, 2.24) is 9.97 Å². The normalized spacial score (nSPS) is 10.9. The lowest BCUT2D eigenvalue weighted by Crippen LogP contribution is -2.14. The van der Waals surface area contributed by atoms with Gasteiger partial charge in [-0.05, 0) is 48.0 Å². The Labute approximate surface area is 173 Å². The highest BCUT2D eigenvalue weighted by molar-refractivity contribution is 5.96. The quantitative estimate of drug-likeness (QED) is 0.362. The summed E-state index contributed by atoms with van der Waals surface area (Å²) < 4.78 is 0. The van der Waals surface area contributed by atoms with Gasteiger partial charge in [-0.15, -0.1) is 0 Å². The molecule has 5 aromatic rings. The third-order valence-electron chi connectivity index (χ3n) is 5.11. The molecule has 0 saturated heterocycles. The Hall–Kier alpha value is -4.12. The van der Waals surface area contributed by atoms with Crippen molar-refractivity contribution in [3.05, 3.63) is 96.8 Å². The van der Waals surface area contributed by atoms with E-state index >= 15 is 0 Å². The second-order valence-electron chi connectivity index (χ2n) is 7.17. The number of amides is 1. The van der Waals surface area contributed by atoms with E-state index in [2.05, 4.69) is 20.6 Å². The van der Waals surface area contributed by atoms with Crippen molar-refractivity contribution < 1.29 is 4.79 Å². The van der Waals surface area contributed by atoms with Gasteiger partial charge in [-0.3, -0.25) is 9.78 Å².